The molecule has 1 aromatic rings. The molecule has 0 aliphatic rings. The Balaban J connectivity index is 0. The highest BCUT2D eigenvalue weighted by molar-refractivity contribution is 5.87. The van der Waals surface area contributed by atoms with Crippen LogP contribution in [0.1, 0.15) is 42.0 Å². The number of benzene rings is 1. The van der Waals surface area contributed by atoms with Gasteiger partial charge in [-0.1, -0.05) is 57.5 Å². The van der Waals surface area contributed by atoms with Crippen molar-refractivity contribution in [3.05, 3.63) is 35.9 Å². The van der Waals surface area contributed by atoms with E-state index in [2.05, 4.69) is 10.6 Å². The molecule has 0 unspecified atom stereocenters. The highest BCUT2D eigenvalue weighted by Crippen LogP contribution is 2.08. The van der Waals surface area contributed by atoms with Crippen LogP contribution in [0, 0.1) is 5.92 Å². The number of nitrogens with one attached hydrogen (secondary N) is 2. The first-order chi connectivity index (χ1) is 11.0. The largest absolute Gasteiger partial charge is 0.459 e. The summed E-state index contributed by atoms with van der Waals surface area (Å²) in [5.41, 5.74) is 0.925. The van der Waals surface area contributed by atoms with E-state index in [4.69, 9.17) is 4.74 Å². The molecule has 0 radical (unpaired) electrons. The summed E-state index contributed by atoms with van der Waals surface area (Å²) < 4.78 is 5.35. The molecular weight excluding hydrogens is 292 g/mol. The third kappa shape index (κ3) is 6.40. The summed E-state index contributed by atoms with van der Waals surface area (Å²) in [7, 11) is 1.75. The lowest BCUT2D eigenvalue weighted by atomic mass is 10.0. The van der Waals surface area contributed by atoms with Crippen LogP contribution in [0.2, 0.25) is 0 Å². The van der Waals surface area contributed by atoms with Crippen LogP contribution >= 0.6 is 0 Å². The van der Waals surface area contributed by atoms with Crippen LogP contribution in [0.4, 0.5) is 0 Å². The molecule has 1 rings (SSSR count). The SMILES string of the molecule is CCC[C@H](NC)C(=O)N[C@H](C(=O)OCc1ccccc1)C(C)C.[HH].[HH]. The number of amides is 1. The van der Waals surface area contributed by atoms with Crippen LogP contribution in [-0.4, -0.2) is 31.0 Å². The molecule has 0 aliphatic heterocycles. The molecule has 0 fully saturated rings. The van der Waals surface area contributed by atoms with Gasteiger partial charge >= 0.3 is 5.97 Å². The molecule has 0 aliphatic carbocycles. The van der Waals surface area contributed by atoms with Crippen molar-refractivity contribution in [1.29, 1.82) is 0 Å². The molecule has 2 N–H and O–H groups in total. The summed E-state index contributed by atoms with van der Waals surface area (Å²) in [5.74, 6) is -0.602. The number of likely N-dealkylation sites (N-methyl/N-ethyl adjacent to an activating group) is 1. The summed E-state index contributed by atoms with van der Waals surface area (Å²) in [6.07, 6.45) is 1.62. The number of hydrogen-bond acceptors (Lipinski definition) is 4. The first-order valence-electron chi connectivity index (χ1n) is 8.17. The van der Waals surface area contributed by atoms with Gasteiger partial charge in [-0.05, 0) is 24.9 Å². The van der Waals surface area contributed by atoms with Crippen molar-refractivity contribution in [3.63, 3.8) is 0 Å². The highest BCUT2D eigenvalue weighted by Gasteiger charge is 2.28. The fourth-order valence-electron chi connectivity index (χ4n) is 2.27. The third-order valence-corrected chi connectivity index (χ3v) is 3.68. The Morgan fingerprint density at radius 2 is 1.87 bits per heavy atom. The van der Waals surface area contributed by atoms with Crippen LogP contribution < -0.4 is 10.6 Å². The Morgan fingerprint density at radius 1 is 1.22 bits per heavy atom. The van der Waals surface area contributed by atoms with Crippen LogP contribution in [0.3, 0.4) is 0 Å². The summed E-state index contributed by atoms with van der Waals surface area (Å²) in [6.45, 7) is 6.01. The van der Waals surface area contributed by atoms with Gasteiger partial charge in [-0.2, -0.15) is 0 Å². The number of ether oxygens (including phenoxy) is 1. The molecular formula is C18H32N2O3. The number of esters is 1. The van der Waals surface area contributed by atoms with E-state index in [0.717, 1.165) is 18.4 Å². The predicted octanol–water partition coefficient (Wildman–Crippen LogP) is 2.75. The van der Waals surface area contributed by atoms with E-state index < -0.39 is 12.0 Å². The van der Waals surface area contributed by atoms with E-state index in [1.807, 2.05) is 51.1 Å². The fourth-order valence-corrected chi connectivity index (χ4v) is 2.27. The lowest BCUT2D eigenvalue weighted by molar-refractivity contribution is -0.150. The van der Waals surface area contributed by atoms with E-state index in [0.29, 0.717) is 0 Å². The van der Waals surface area contributed by atoms with Crippen LogP contribution in [-0.2, 0) is 20.9 Å². The lowest BCUT2D eigenvalue weighted by Crippen LogP contribution is -2.51. The van der Waals surface area contributed by atoms with E-state index in [1.165, 1.54) is 0 Å². The Hall–Kier alpha value is -1.88. The molecule has 0 heterocycles. The minimum Gasteiger partial charge on any atom is -0.459 e. The quantitative estimate of drug-likeness (QED) is 0.685. The molecule has 5 nitrogen and oxygen atoms in total. The lowest BCUT2D eigenvalue weighted by Gasteiger charge is -2.23. The average molecular weight is 324 g/mol. The second kappa shape index (κ2) is 10.0. The fraction of sp³-hybridized carbons (Fsp3) is 0.556. The molecule has 23 heavy (non-hydrogen) atoms. The van der Waals surface area contributed by atoms with Crippen molar-refractivity contribution in [3.8, 4) is 0 Å². The molecule has 132 valence electrons. The normalized spacial score (nSPS) is 13.4. The maximum atomic E-state index is 12.3. The first-order valence-corrected chi connectivity index (χ1v) is 8.17. The smallest absolute Gasteiger partial charge is 0.329 e. The number of hydrogen-bond donors (Lipinski definition) is 2. The zero-order valence-electron chi connectivity index (χ0n) is 14.5. The van der Waals surface area contributed by atoms with Gasteiger partial charge in [0.15, 0.2) is 0 Å². The van der Waals surface area contributed by atoms with E-state index in [9.17, 15) is 9.59 Å². The molecule has 0 spiro atoms. The second-order valence-electron chi connectivity index (χ2n) is 5.95. The Kier molecular flexibility index (Phi) is 8.33. The highest BCUT2D eigenvalue weighted by atomic mass is 16.5. The number of carbonyl (C=O) groups excluding carboxylic acids is 2. The molecule has 0 saturated heterocycles. The Morgan fingerprint density at radius 3 is 2.39 bits per heavy atom. The minimum atomic E-state index is -0.640. The monoisotopic (exact) mass is 324 g/mol. The van der Waals surface area contributed by atoms with Gasteiger partial charge in [0.25, 0.3) is 0 Å². The summed E-state index contributed by atoms with van der Waals surface area (Å²) in [6, 6.07) is 8.57. The van der Waals surface area contributed by atoms with Crippen LogP contribution in [0.15, 0.2) is 30.3 Å². The van der Waals surface area contributed by atoms with Gasteiger partial charge in [0.2, 0.25) is 5.91 Å². The van der Waals surface area contributed by atoms with E-state index in [1.54, 1.807) is 7.05 Å². The Labute approximate surface area is 141 Å². The molecule has 5 heteroatoms. The number of carbonyl (C=O) groups is 2. The second-order valence-corrected chi connectivity index (χ2v) is 5.95. The van der Waals surface area contributed by atoms with Crippen LogP contribution in [0.25, 0.3) is 0 Å². The standard InChI is InChI=1S/C18H28N2O3.2H2/c1-5-9-15(19-4)17(21)20-16(13(2)3)18(22)23-12-14-10-7-6-8-11-14;;/h6-8,10-11,13,15-16,19H,5,9,12H2,1-4H3,(H,20,21);2*1H/t15-,16-;;/m0../s1. The zero-order chi connectivity index (χ0) is 17.2. The van der Waals surface area contributed by atoms with Crippen molar-refractivity contribution >= 4 is 11.9 Å². The van der Waals surface area contributed by atoms with Crippen molar-refractivity contribution in [2.45, 2.75) is 52.3 Å². The van der Waals surface area contributed by atoms with Crippen molar-refractivity contribution in [2.75, 3.05) is 7.05 Å². The first kappa shape index (κ1) is 19.2. The maximum absolute atomic E-state index is 12.3. The maximum Gasteiger partial charge on any atom is 0.329 e. The molecule has 2 atom stereocenters. The van der Waals surface area contributed by atoms with Crippen molar-refractivity contribution in [2.24, 2.45) is 5.92 Å². The van der Waals surface area contributed by atoms with Gasteiger partial charge < -0.3 is 15.4 Å². The van der Waals surface area contributed by atoms with E-state index in [-0.39, 0.29) is 27.3 Å². The van der Waals surface area contributed by atoms with Gasteiger partial charge in [0.05, 0.1) is 6.04 Å². The average Bonchev–Trinajstić information content (AvgIpc) is 2.55. The predicted molar refractivity (Wildman–Crippen MR) is 95.0 cm³/mol. The molecule has 1 aromatic carbocycles. The summed E-state index contributed by atoms with van der Waals surface area (Å²) in [4.78, 5) is 24.6. The summed E-state index contributed by atoms with van der Waals surface area (Å²) >= 11 is 0. The number of rotatable bonds is 9. The summed E-state index contributed by atoms with van der Waals surface area (Å²) in [5, 5.41) is 5.79. The van der Waals surface area contributed by atoms with Crippen LogP contribution in [0.5, 0.6) is 0 Å². The van der Waals surface area contributed by atoms with Gasteiger partial charge in [-0.3, -0.25) is 4.79 Å². The Bertz CT molecular complexity index is 498. The van der Waals surface area contributed by atoms with Crippen molar-refractivity contribution in [1.82, 2.24) is 10.6 Å². The third-order valence-electron chi connectivity index (χ3n) is 3.68. The van der Waals surface area contributed by atoms with Gasteiger partial charge in [0, 0.05) is 2.85 Å². The van der Waals surface area contributed by atoms with E-state index >= 15 is 0 Å². The topological polar surface area (TPSA) is 67.4 Å². The van der Waals surface area contributed by atoms with Gasteiger partial charge in [-0.25, -0.2) is 4.79 Å². The van der Waals surface area contributed by atoms with Crippen molar-refractivity contribution < 1.29 is 17.2 Å². The molecule has 1 amide bonds. The zero-order valence-corrected chi connectivity index (χ0v) is 14.5. The minimum absolute atomic E-state index is 0. The molecule has 0 bridgehead atoms. The molecule has 0 saturated carbocycles. The molecule has 0 aromatic heterocycles. The van der Waals surface area contributed by atoms with Gasteiger partial charge in [0.1, 0.15) is 12.6 Å². The van der Waals surface area contributed by atoms with Gasteiger partial charge in [-0.15, -0.1) is 0 Å².